The second kappa shape index (κ2) is 8.48. The van der Waals surface area contributed by atoms with Gasteiger partial charge in [0, 0.05) is 11.6 Å². The summed E-state index contributed by atoms with van der Waals surface area (Å²) < 4.78 is 32.5. The van der Waals surface area contributed by atoms with Gasteiger partial charge in [-0.2, -0.15) is 0 Å². The van der Waals surface area contributed by atoms with Gasteiger partial charge in [0.25, 0.3) is 0 Å². The molecule has 0 radical (unpaired) electrons. The molecule has 0 aromatic heterocycles. The average Bonchev–Trinajstić information content (AvgIpc) is 2.55. The highest BCUT2D eigenvalue weighted by Gasteiger charge is 2.13. The van der Waals surface area contributed by atoms with Crippen molar-refractivity contribution in [3.8, 4) is 5.75 Å². The fourth-order valence-electron chi connectivity index (χ4n) is 2.06. The lowest BCUT2D eigenvalue weighted by Gasteiger charge is -2.13. The van der Waals surface area contributed by atoms with Crippen LogP contribution >= 0.6 is 11.6 Å². The predicted molar refractivity (Wildman–Crippen MR) is 95.7 cm³/mol. The largest absolute Gasteiger partial charge is 0.476 e. The van der Waals surface area contributed by atoms with Gasteiger partial charge in [-0.3, -0.25) is 5.73 Å². The number of nitrogens with one attached hydrogen (secondary N) is 1. The summed E-state index contributed by atoms with van der Waals surface area (Å²) in [5, 5.41) is 0.496. The number of rotatable bonds is 8. The second-order valence-corrected chi connectivity index (χ2v) is 7.52. The third kappa shape index (κ3) is 5.49. The van der Waals surface area contributed by atoms with E-state index in [-0.39, 0.29) is 17.7 Å². The van der Waals surface area contributed by atoms with Crippen LogP contribution in [0, 0.1) is 0 Å². The van der Waals surface area contributed by atoms with Gasteiger partial charge in [0.15, 0.2) is 0 Å². The second-order valence-electron chi connectivity index (χ2n) is 5.31. The number of hydrogen-bond acceptors (Lipinski definition) is 4. The molecule has 0 heterocycles. The van der Waals surface area contributed by atoms with Crippen LogP contribution in [-0.4, -0.2) is 21.2 Å². The first-order chi connectivity index (χ1) is 11.4. The summed E-state index contributed by atoms with van der Waals surface area (Å²) in [6.45, 7) is 2.23. The van der Waals surface area contributed by atoms with Crippen molar-refractivity contribution in [1.82, 2.24) is 4.72 Å². The lowest BCUT2D eigenvalue weighted by atomic mass is 10.1. The average molecular weight is 369 g/mol. The quantitative estimate of drug-likeness (QED) is 0.702. The Morgan fingerprint density at radius 2 is 1.92 bits per heavy atom. The minimum Gasteiger partial charge on any atom is -0.476 e. The molecule has 2 rings (SSSR count). The number of nitrogens with two attached hydrogens (primary N) is 1. The molecular formula is C17H21ClN2O3S. The first-order valence-corrected chi connectivity index (χ1v) is 9.53. The molecule has 3 N–H and O–H groups in total. The molecule has 0 saturated carbocycles. The number of hydrogen-bond donors (Lipinski definition) is 2. The van der Waals surface area contributed by atoms with E-state index in [4.69, 9.17) is 22.1 Å². The Labute approximate surface area is 147 Å². The van der Waals surface area contributed by atoms with E-state index < -0.39 is 10.0 Å². The molecule has 0 bridgehead atoms. The molecule has 2 aromatic carbocycles. The van der Waals surface area contributed by atoms with Gasteiger partial charge >= 0.3 is 0 Å². The molecule has 1 unspecified atom stereocenters. The van der Waals surface area contributed by atoms with E-state index in [2.05, 4.69) is 4.72 Å². The molecular weight excluding hydrogens is 348 g/mol. The minimum absolute atomic E-state index is 0.193. The Kier molecular flexibility index (Phi) is 6.62. The van der Waals surface area contributed by atoms with Crippen LogP contribution in [0.4, 0.5) is 0 Å². The molecule has 0 aliphatic rings. The topological polar surface area (TPSA) is 81.4 Å². The third-order valence-electron chi connectivity index (χ3n) is 3.42. The number of benzene rings is 2. The standard InChI is InChI=1S/C17H21ClN2O3S/c1-2-17(19)23-15-5-3-4-13(12-15)10-11-20-24(21,22)16-8-6-14(18)7-9-16/h3-9,12,17,20H,2,10-11,19H2,1H3. The van der Waals surface area contributed by atoms with E-state index >= 15 is 0 Å². The monoisotopic (exact) mass is 368 g/mol. The van der Waals surface area contributed by atoms with Gasteiger partial charge in [0.05, 0.1) is 4.90 Å². The predicted octanol–water partition coefficient (Wildman–Crippen LogP) is 2.93. The number of ether oxygens (including phenoxy) is 1. The van der Waals surface area contributed by atoms with E-state index in [1.807, 2.05) is 31.2 Å². The Bertz CT molecular complexity index is 764. The van der Waals surface area contributed by atoms with Crippen LogP contribution in [0.3, 0.4) is 0 Å². The van der Waals surface area contributed by atoms with Gasteiger partial charge in [-0.1, -0.05) is 30.7 Å². The number of halogens is 1. The molecule has 0 aliphatic heterocycles. The maximum atomic E-state index is 12.2. The van der Waals surface area contributed by atoms with Crippen molar-refractivity contribution in [2.75, 3.05) is 6.54 Å². The van der Waals surface area contributed by atoms with Crippen molar-refractivity contribution >= 4 is 21.6 Å². The van der Waals surface area contributed by atoms with Crippen LogP contribution in [-0.2, 0) is 16.4 Å². The Balaban J connectivity index is 1.94. The highest BCUT2D eigenvalue weighted by Crippen LogP contribution is 2.16. The van der Waals surface area contributed by atoms with Gasteiger partial charge in [-0.05, 0) is 54.8 Å². The molecule has 7 heteroatoms. The SMILES string of the molecule is CCC(N)Oc1cccc(CCNS(=O)(=O)c2ccc(Cl)cc2)c1. The van der Waals surface area contributed by atoms with Crippen LogP contribution in [0.5, 0.6) is 5.75 Å². The summed E-state index contributed by atoms with van der Waals surface area (Å²) in [6, 6.07) is 13.5. The van der Waals surface area contributed by atoms with Gasteiger partial charge in [-0.15, -0.1) is 0 Å². The van der Waals surface area contributed by atoms with Gasteiger partial charge < -0.3 is 4.74 Å². The Morgan fingerprint density at radius 3 is 2.58 bits per heavy atom. The molecule has 0 spiro atoms. The van der Waals surface area contributed by atoms with E-state index in [1.165, 1.54) is 12.1 Å². The molecule has 24 heavy (non-hydrogen) atoms. The normalized spacial score (nSPS) is 12.8. The van der Waals surface area contributed by atoms with E-state index in [0.717, 1.165) is 5.56 Å². The van der Waals surface area contributed by atoms with Gasteiger partial charge in [0.2, 0.25) is 10.0 Å². The first kappa shape index (κ1) is 18.7. The maximum absolute atomic E-state index is 12.2. The Morgan fingerprint density at radius 1 is 1.21 bits per heavy atom. The van der Waals surface area contributed by atoms with Crippen molar-refractivity contribution in [2.24, 2.45) is 5.73 Å². The fraction of sp³-hybridized carbons (Fsp3) is 0.294. The highest BCUT2D eigenvalue weighted by atomic mass is 35.5. The minimum atomic E-state index is -3.54. The fourth-order valence-corrected chi connectivity index (χ4v) is 3.22. The van der Waals surface area contributed by atoms with Crippen LogP contribution < -0.4 is 15.2 Å². The van der Waals surface area contributed by atoms with Crippen LogP contribution in [0.15, 0.2) is 53.4 Å². The number of sulfonamides is 1. The summed E-state index contributed by atoms with van der Waals surface area (Å²) >= 11 is 5.77. The zero-order chi connectivity index (χ0) is 17.6. The van der Waals surface area contributed by atoms with E-state index in [9.17, 15) is 8.42 Å². The third-order valence-corrected chi connectivity index (χ3v) is 5.15. The summed E-state index contributed by atoms with van der Waals surface area (Å²) in [4.78, 5) is 0.193. The summed E-state index contributed by atoms with van der Waals surface area (Å²) in [7, 11) is -3.54. The summed E-state index contributed by atoms with van der Waals surface area (Å²) in [5.74, 6) is 0.683. The van der Waals surface area contributed by atoms with Crippen molar-refractivity contribution in [3.63, 3.8) is 0 Å². The zero-order valence-electron chi connectivity index (χ0n) is 13.4. The summed E-state index contributed by atoms with van der Waals surface area (Å²) in [6.07, 6.45) is 0.917. The molecule has 130 valence electrons. The van der Waals surface area contributed by atoms with Gasteiger partial charge in [-0.25, -0.2) is 13.1 Å². The van der Waals surface area contributed by atoms with Crippen molar-refractivity contribution in [3.05, 3.63) is 59.1 Å². The molecule has 0 saturated heterocycles. The molecule has 0 aliphatic carbocycles. The van der Waals surface area contributed by atoms with Crippen molar-refractivity contribution < 1.29 is 13.2 Å². The molecule has 0 fully saturated rings. The smallest absolute Gasteiger partial charge is 0.240 e. The highest BCUT2D eigenvalue weighted by molar-refractivity contribution is 7.89. The van der Waals surface area contributed by atoms with Crippen LogP contribution in [0.25, 0.3) is 0 Å². The summed E-state index contributed by atoms with van der Waals surface area (Å²) in [5.41, 5.74) is 6.73. The van der Waals surface area contributed by atoms with Crippen LogP contribution in [0.2, 0.25) is 5.02 Å². The van der Waals surface area contributed by atoms with Crippen LogP contribution in [0.1, 0.15) is 18.9 Å². The Hall–Kier alpha value is -1.60. The molecule has 5 nitrogen and oxygen atoms in total. The first-order valence-electron chi connectivity index (χ1n) is 7.67. The molecule has 2 aromatic rings. The van der Waals surface area contributed by atoms with E-state index in [0.29, 0.717) is 23.6 Å². The van der Waals surface area contributed by atoms with E-state index in [1.54, 1.807) is 12.1 Å². The lowest BCUT2D eigenvalue weighted by molar-refractivity contribution is 0.205. The molecule has 0 amide bonds. The van der Waals surface area contributed by atoms with Gasteiger partial charge in [0.1, 0.15) is 12.0 Å². The lowest BCUT2D eigenvalue weighted by Crippen LogP contribution is -2.26. The molecule has 1 atom stereocenters. The zero-order valence-corrected chi connectivity index (χ0v) is 15.0. The maximum Gasteiger partial charge on any atom is 0.240 e. The van der Waals surface area contributed by atoms with Crippen molar-refractivity contribution in [2.45, 2.75) is 30.9 Å². The van der Waals surface area contributed by atoms with Crippen molar-refractivity contribution in [1.29, 1.82) is 0 Å².